The van der Waals surface area contributed by atoms with Crippen LogP contribution in [0.4, 0.5) is 11.5 Å². The van der Waals surface area contributed by atoms with Gasteiger partial charge in [0.2, 0.25) is 0 Å². The zero-order valence-electron chi connectivity index (χ0n) is 22.7. The molecule has 4 aromatic rings. The highest BCUT2D eigenvalue weighted by Crippen LogP contribution is 2.32. The van der Waals surface area contributed by atoms with Crippen molar-refractivity contribution < 1.29 is 19.1 Å². The number of carbonyl (C=O) groups excluding carboxylic acids is 2. The molecule has 0 bridgehead atoms. The zero-order chi connectivity index (χ0) is 28.8. The van der Waals surface area contributed by atoms with Gasteiger partial charge in [0.15, 0.2) is 0 Å². The van der Waals surface area contributed by atoms with Gasteiger partial charge in [-0.25, -0.2) is 4.98 Å². The van der Waals surface area contributed by atoms with E-state index in [-0.39, 0.29) is 29.8 Å². The number of ether oxygens (including phenoxy) is 2. The van der Waals surface area contributed by atoms with Crippen molar-refractivity contribution in [2.24, 2.45) is 0 Å². The number of carbonyl (C=O) groups is 2. The SMILES string of the molecule is COc1ccc(-c2ccc(C(=O)Nc3ccc(Cl)cc3C(=O)Nc3ccc(Cl)cn3)c(OC3CCNCC3)c2)cc1.Cl. The third kappa shape index (κ3) is 7.72. The zero-order valence-corrected chi connectivity index (χ0v) is 25.0. The number of nitrogens with zero attached hydrogens (tertiary/aromatic N) is 1. The van der Waals surface area contributed by atoms with Crippen LogP contribution in [0.15, 0.2) is 79.0 Å². The number of hydrogen-bond donors (Lipinski definition) is 3. The van der Waals surface area contributed by atoms with Crippen molar-refractivity contribution in [1.82, 2.24) is 10.3 Å². The molecule has 1 aliphatic rings. The smallest absolute Gasteiger partial charge is 0.259 e. The minimum absolute atomic E-state index is 0. The number of rotatable bonds is 8. The molecule has 0 aliphatic carbocycles. The number of methoxy groups -OCH3 is 1. The molecule has 3 aromatic carbocycles. The second-order valence-corrected chi connectivity index (χ2v) is 10.3. The van der Waals surface area contributed by atoms with Gasteiger partial charge < -0.3 is 25.4 Å². The Balaban J connectivity index is 0.00000405. The molecule has 11 heteroatoms. The van der Waals surface area contributed by atoms with Crippen molar-refractivity contribution in [3.63, 3.8) is 0 Å². The molecule has 0 saturated carbocycles. The van der Waals surface area contributed by atoms with Crippen molar-refractivity contribution in [2.45, 2.75) is 18.9 Å². The molecular formula is C31H29Cl3N4O4. The van der Waals surface area contributed by atoms with E-state index in [1.54, 1.807) is 37.4 Å². The van der Waals surface area contributed by atoms with Crippen LogP contribution in [0.3, 0.4) is 0 Å². The van der Waals surface area contributed by atoms with Crippen LogP contribution in [0.5, 0.6) is 11.5 Å². The molecule has 0 unspecified atom stereocenters. The van der Waals surface area contributed by atoms with Crippen LogP contribution in [-0.4, -0.2) is 43.1 Å². The predicted octanol–water partition coefficient (Wildman–Crippen LogP) is 7.12. The van der Waals surface area contributed by atoms with E-state index in [1.807, 2.05) is 36.4 Å². The number of aromatic nitrogens is 1. The highest BCUT2D eigenvalue weighted by Gasteiger charge is 2.22. The van der Waals surface area contributed by atoms with E-state index in [1.165, 1.54) is 12.3 Å². The van der Waals surface area contributed by atoms with Gasteiger partial charge >= 0.3 is 0 Å². The molecule has 1 fully saturated rings. The Morgan fingerprint density at radius 2 is 1.52 bits per heavy atom. The van der Waals surface area contributed by atoms with E-state index >= 15 is 0 Å². The van der Waals surface area contributed by atoms with Gasteiger partial charge in [-0.1, -0.05) is 41.4 Å². The largest absolute Gasteiger partial charge is 0.497 e. The Hall–Kier alpha value is -3.82. The first-order valence-corrected chi connectivity index (χ1v) is 13.8. The standard InChI is InChI=1S/C31H28Cl2N4O4.ClH/c1-40-23-7-2-19(3-8-23)20-4-9-25(28(16-20)41-24-12-14-34-15-13-24)30(38)36-27-10-5-21(32)17-26(27)31(39)37-29-11-6-22(33)18-35-29;/h2-11,16-18,24,34H,12-15H2,1H3,(H,36,38)(H,35,37,39);1H. The molecule has 2 amide bonds. The summed E-state index contributed by atoms with van der Waals surface area (Å²) in [7, 11) is 1.62. The molecule has 1 aliphatic heterocycles. The second-order valence-electron chi connectivity index (χ2n) is 9.47. The Labute approximate surface area is 260 Å². The minimum Gasteiger partial charge on any atom is -0.497 e. The second kappa shape index (κ2) is 14.4. The predicted molar refractivity (Wildman–Crippen MR) is 169 cm³/mol. The monoisotopic (exact) mass is 626 g/mol. The average molecular weight is 628 g/mol. The first-order chi connectivity index (χ1) is 19.9. The van der Waals surface area contributed by atoms with Crippen LogP contribution in [0.2, 0.25) is 10.0 Å². The highest BCUT2D eigenvalue weighted by molar-refractivity contribution is 6.31. The number of amides is 2. The van der Waals surface area contributed by atoms with Gasteiger partial charge in [0.05, 0.1) is 28.9 Å². The van der Waals surface area contributed by atoms with E-state index in [9.17, 15) is 9.59 Å². The van der Waals surface area contributed by atoms with Gasteiger partial charge in [0, 0.05) is 11.2 Å². The Kier molecular flexibility index (Phi) is 10.7. The summed E-state index contributed by atoms with van der Waals surface area (Å²) in [6, 6.07) is 21.0. The number of anilines is 2. The fourth-order valence-corrected chi connectivity index (χ4v) is 4.78. The van der Waals surface area contributed by atoms with E-state index in [0.717, 1.165) is 42.8 Å². The lowest BCUT2D eigenvalue weighted by molar-refractivity contribution is 0.101. The summed E-state index contributed by atoms with van der Waals surface area (Å²) in [5.74, 6) is 0.622. The maximum atomic E-state index is 13.7. The Morgan fingerprint density at radius 1 is 0.833 bits per heavy atom. The number of halogens is 3. The number of hydrogen-bond acceptors (Lipinski definition) is 6. The summed E-state index contributed by atoms with van der Waals surface area (Å²) in [6.07, 6.45) is 3.05. The fourth-order valence-electron chi connectivity index (χ4n) is 4.50. The molecule has 1 saturated heterocycles. The van der Waals surface area contributed by atoms with Crippen molar-refractivity contribution in [3.05, 3.63) is 100 Å². The van der Waals surface area contributed by atoms with Crippen molar-refractivity contribution in [2.75, 3.05) is 30.8 Å². The van der Waals surface area contributed by atoms with Crippen LogP contribution >= 0.6 is 35.6 Å². The molecule has 218 valence electrons. The molecule has 42 heavy (non-hydrogen) atoms. The van der Waals surface area contributed by atoms with Crippen LogP contribution in [0, 0.1) is 0 Å². The molecule has 0 atom stereocenters. The molecular weight excluding hydrogens is 599 g/mol. The molecule has 1 aromatic heterocycles. The van der Waals surface area contributed by atoms with Crippen molar-refractivity contribution in [3.8, 4) is 22.6 Å². The minimum atomic E-state index is -0.487. The molecule has 2 heterocycles. The summed E-state index contributed by atoms with van der Waals surface area (Å²) in [6.45, 7) is 1.69. The Morgan fingerprint density at radius 3 is 2.21 bits per heavy atom. The number of nitrogens with one attached hydrogen (secondary N) is 3. The quantitative estimate of drug-likeness (QED) is 0.192. The number of benzene rings is 3. The van der Waals surface area contributed by atoms with Gasteiger partial charge in [0.25, 0.3) is 11.8 Å². The molecule has 0 spiro atoms. The Bertz CT molecular complexity index is 1540. The van der Waals surface area contributed by atoms with E-state index in [0.29, 0.717) is 27.2 Å². The molecule has 5 rings (SSSR count). The van der Waals surface area contributed by atoms with Crippen molar-refractivity contribution >= 4 is 58.9 Å². The lowest BCUT2D eigenvalue weighted by Gasteiger charge is -2.25. The summed E-state index contributed by atoms with van der Waals surface area (Å²) in [4.78, 5) is 30.9. The first kappa shape index (κ1) is 31.1. The summed E-state index contributed by atoms with van der Waals surface area (Å²) in [5.41, 5.74) is 2.67. The van der Waals surface area contributed by atoms with Gasteiger partial charge in [0.1, 0.15) is 23.4 Å². The van der Waals surface area contributed by atoms with Gasteiger partial charge in [-0.2, -0.15) is 0 Å². The summed E-state index contributed by atoms with van der Waals surface area (Å²) < 4.78 is 11.7. The van der Waals surface area contributed by atoms with Gasteiger partial charge in [-0.05, 0) is 91.7 Å². The topological polar surface area (TPSA) is 102 Å². The summed E-state index contributed by atoms with van der Waals surface area (Å²) in [5, 5.41) is 9.70. The van der Waals surface area contributed by atoms with Crippen LogP contribution < -0.4 is 25.4 Å². The van der Waals surface area contributed by atoms with Gasteiger partial charge in [-0.3, -0.25) is 9.59 Å². The van der Waals surface area contributed by atoms with Crippen LogP contribution in [0.1, 0.15) is 33.6 Å². The van der Waals surface area contributed by atoms with Crippen LogP contribution in [-0.2, 0) is 0 Å². The first-order valence-electron chi connectivity index (χ1n) is 13.1. The van der Waals surface area contributed by atoms with E-state index in [2.05, 4.69) is 20.9 Å². The maximum Gasteiger partial charge on any atom is 0.259 e. The third-order valence-corrected chi connectivity index (χ3v) is 7.13. The lowest BCUT2D eigenvalue weighted by atomic mass is 10.0. The molecule has 0 radical (unpaired) electrons. The molecule has 8 nitrogen and oxygen atoms in total. The van der Waals surface area contributed by atoms with Gasteiger partial charge in [-0.15, -0.1) is 12.4 Å². The average Bonchev–Trinajstić information content (AvgIpc) is 2.99. The van der Waals surface area contributed by atoms with E-state index in [4.69, 9.17) is 32.7 Å². The third-order valence-electron chi connectivity index (χ3n) is 6.67. The normalized spacial score (nSPS) is 13.0. The lowest BCUT2D eigenvalue weighted by Crippen LogP contribution is -2.34. The number of piperidine rings is 1. The summed E-state index contributed by atoms with van der Waals surface area (Å²) >= 11 is 12.1. The van der Waals surface area contributed by atoms with Crippen LogP contribution in [0.25, 0.3) is 11.1 Å². The van der Waals surface area contributed by atoms with Crippen molar-refractivity contribution in [1.29, 1.82) is 0 Å². The van der Waals surface area contributed by atoms with E-state index < -0.39 is 11.8 Å². The maximum absolute atomic E-state index is 13.7. The number of pyridine rings is 1. The highest BCUT2D eigenvalue weighted by atomic mass is 35.5. The molecule has 3 N–H and O–H groups in total. The fraction of sp³-hybridized carbons (Fsp3) is 0.194.